The van der Waals surface area contributed by atoms with Gasteiger partial charge in [0, 0.05) is 25.5 Å². The van der Waals surface area contributed by atoms with Crippen molar-refractivity contribution in [3.63, 3.8) is 0 Å². The first-order valence-corrected chi connectivity index (χ1v) is 5.79. The molecule has 1 atom stereocenters. The normalized spacial score (nSPS) is 19.1. The van der Waals surface area contributed by atoms with Crippen LogP contribution in [0.4, 0.5) is 0 Å². The molecule has 94 valence electrons. The average molecular weight is 238 g/mol. The third kappa shape index (κ3) is 2.83. The van der Waals surface area contributed by atoms with Crippen LogP contribution in [0.3, 0.4) is 0 Å². The number of carbonyl (C=O) groups excluding carboxylic acids is 1. The minimum Gasteiger partial charge on any atom is -0.379 e. The van der Waals surface area contributed by atoms with Crippen LogP contribution in [-0.4, -0.2) is 46.7 Å². The van der Waals surface area contributed by atoms with Crippen molar-refractivity contribution >= 4 is 5.91 Å². The molecule has 0 saturated carbocycles. The molecule has 1 aromatic heterocycles. The summed E-state index contributed by atoms with van der Waals surface area (Å²) in [6.45, 7) is 5.83. The first-order valence-electron chi connectivity index (χ1n) is 5.79. The fraction of sp³-hybridized carbons (Fsp3) is 0.636. The molecule has 17 heavy (non-hydrogen) atoms. The zero-order chi connectivity index (χ0) is 12.3. The van der Waals surface area contributed by atoms with E-state index in [9.17, 15) is 4.79 Å². The maximum Gasteiger partial charge on any atom is 0.240 e. The molecule has 1 saturated heterocycles. The smallest absolute Gasteiger partial charge is 0.240 e. The van der Waals surface area contributed by atoms with Crippen LogP contribution in [0.15, 0.2) is 12.4 Å². The molecule has 6 heteroatoms. The number of rotatable bonds is 4. The molecule has 0 bridgehead atoms. The highest BCUT2D eigenvalue weighted by Crippen LogP contribution is 2.11. The van der Waals surface area contributed by atoms with Gasteiger partial charge < -0.3 is 15.0 Å². The molecule has 0 aliphatic carbocycles. The Balaban J connectivity index is 2.05. The minimum atomic E-state index is -0.353. The quantitative estimate of drug-likeness (QED) is 0.786. The lowest BCUT2D eigenvalue weighted by molar-refractivity contribution is -0.120. The lowest BCUT2D eigenvalue weighted by atomic mass is 10.3. The SMILES string of the molecule is CC(C(N)=O)n1ccnc1CN1CCOCC1. The second-order valence-electron chi connectivity index (χ2n) is 4.22. The molecule has 2 rings (SSSR count). The highest BCUT2D eigenvalue weighted by atomic mass is 16.5. The number of aromatic nitrogens is 2. The molecule has 1 aliphatic rings. The van der Waals surface area contributed by atoms with Crippen molar-refractivity contribution < 1.29 is 9.53 Å². The Hall–Kier alpha value is -1.40. The maximum atomic E-state index is 11.2. The second kappa shape index (κ2) is 5.29. The van der Waals surface area contributed by atoms with E-state index in [1.54, 1.807) is 19.3 Å². The molecule has 2 N–H and O–H groups in total. The van der Waals surface area contributed by atoms with E-state index in [1.165, 1.54) is 0 Å². The third-order valence-electron chi connectivity index (χ3n) is 3.05. The summed E-state index contributed by atoms with van der Waals surface area (Å²) in [4.78, 5) is 17.7. The Morgan fingerprint density at radius 3 is 2.94 bits per heavy atom. The van der Waals surface area contributed by atoms with Gasteiger partial charge in [-0.05, 0) is 6.92 Å². The van der Waals surface area contributed by atoms with E-state index in [1.807, 2.05) is 4.57 Å². The van der Waals surface area contributed by atoms with Crippen LogP contribution in [0.2, 0.25) is 0 Å². The molecule has 1 aromatic rings. The Morgan fingerprint density at radius 2 is 2.29 bits per heavy atom. The molecule has 6 nitrogen and oxygen atoms in total. The van der Waals surface area contributed by atoms with Gasteiger partial charge >= 0.3 is 0 Å². The van der Waals surface area contributed by atoms with Gasteiger partial charge in [-0.2, -0.15) is 0 Å². The van der Waals surface area contributed by atoms with E-state index in [-0.39, 0.29) is 11.9 Å². The van der Waals surface area contributed by atoms with Crippen LogP contribution in [0.25, 0.3) is 0 Å². The zero-order valence-corrected chi connectivity index (χ0v) is 10.0. The lowest BCUT2D eigenvalue weighted by Crippen LogP contribution is -2.37. The Morgan fingerprint density at radius 1 is 1.59 bits per heavy atom. The van der Waals surface area contributed by atoms with Crippen molar-refractivity contribution in [3.8, 4) is 0 Å². The Labute approximate surface area is 100 Å². The summed E-state index contributed by atoms with van der Waals surface area (Å²) in [5.74, 6) is 0.532. The number of ether oxygens (including phenoxy) is 1. The number of imidazole rings is 1. The zero-order valence-electron chi connectivity index (χ0n) is 10.0. The van der Waals surface area contributed by atoms with Gasteiger partial charge in [-0.15, -0.1) is 0 Å². The number of amides is 1. The van der Waals surface area contributed by atoms with Crippen LogP contribution >= 0.6 is 0 Å². The van der Waals surface area contributed by atoms with E-state index in [2.05, 4.69) is 9.88 Å². The van der Waals surface area contributed by atoms with Crippen molar-refractivity contribution in [2.24, 2.45) is 5.73 Å². The Kier molecular flexibility index (Phi) is 3.75. The van der Waals surface area contributed by atoms with Gasteiger partial charge in [0.05, 0.1) is 19.8 Å². The summed E-state index contributed by atoms with van der Waals surface area (Å²) in [7, 11) is 0. The number of morpholine rings is 1. The monoisotopic (exact) mass is 238 g/mol. The van der Waals surface area contributed by atoms with E-state index in [4.69, 9.17) is 10.5 Å². The molecule has 1 aliphatic heterocycles. The summed E-state index contributed by atoms with van der Waals surface area (Å²) in [6.07, 6.45) is 3.50. The summed E-state index contributed by atoms with van der Waals surface area (Å²) in [6, 6.07) is -0.353. The molecule has 1 unspecified atom stereocenters. The van der Waals surface area contributed by atoms with Crippen LogP contribution in [0.1, 0.15) is 18.8 Å². The predicted molar refractivity (Wildman–Crippen MR) is 62.2 cm³/mol. The highest BCUT2D eigenvalue weighted by molar-refractivity contribution is 5.77. The first kappa shape index (κ1) is 12.1. The number of hydrogen-bond donors (Lipinski definition) is 1. The highest BCUT2D eigenvalue weighted by Gasteiger charge is 2.18. The number of hydrogen-bond acceptors (Lipinski definition) is 4. The largest absolute Gasteiger partial charge is 0.379 e. The van der Waals surface area contributed by atoms with Gasteiger partial charge in [0.1, 0.15) is 11.9 Å². The number of nitrogens with two attached hydrogens (primary N) is 1. The van der Waals surface area contributed by atoms with Crippen LogP contribution in [0.5, 0.6) is 0 Å². The minimum absolute atomic E-state index is 0.341. The van der Waals surface area contributed by atoms with Crippen molar-refractivity contribution in [1.82, 2.24) is 14.5 Å². The summed E-state index contributed by atoms with van der Waals surface area (Å²) in [5.41, 5.74) is 5.31. The summed E-state index contributed by atoms with van der Waals surface area (Å²) in [5, 5.41) is 0. The standard InChI is InChI=1S/C11H18N4O2/c1-9(11(12)16)15-3-2-13-10(15)8-14-4-6-17-7-5-14/h2-3,9H,4-8H2,1H3,(H2,12,16). The van der Waals surface area contributed by atoms with E-state index >= 15 is 0 Å². The second-order valence-corrected chi connectivity index (χ2v) is 4.22. The maximum absolute atomic E-state index is 11.2. The van der Waals surface area contributed by atoms with Crippen LogP contribution in [0, 0.1) is 0 Å². The van der Waals surface area contributed by atoms with Crippen LogP contribution < -0.4 is 5.73 Å². The van der Waals surface area contributed by atoms with E-state index in [0.29, 0.717) is 0 Å². The fourth-order valence-corrected chi connectivity index (χ4v) is 1.92. The lowest BCUT2D eigenvalue weighted by Gasteiger charge is -2.26. The average Bonchev–Trinajstić information content (AvgIpc) is 2.77. The molecular formula is C11H18N4O2. The topological polar surface area (TPSA) is 73.4 Å². The van der Waals surface area contributed by atoms with Gasteiger partial charge in [-0.3, -0.25) is 9.69 Å². The molecule has 0 aromatic carbocycles. The van der Waals surface area contributed by atoms with Crippen molar-refractivity contribution in [2.75, 3.05) is 26.3 Å². The van der Waals surface area contributed by atoms with Crippen molar-refractivity contribution in [1.29, 1.82) is 0 Å². The van der Waals surface area contributed by atoms with Gasteiger partial charge in [-0.1, -0.05) is 0 Å². The number of primary amides is 1. The van der Waals surface area contributed by atoms with Gasteiger partial charge in [0.25, 0.3) is 0 Å². The molecule has 0 spiro atoms. The molecule has 1 fully saturated rings. The van der Waals surface area contributed by atoms with E-state index in [0.717, 1.165) is 38.7 Å². The molecule has 0 radical (unpaired) electrons. The van der Waals surface area contributed by atoms with Crippen molar-refractivity contribution in [2.45, 2.75) is 19.5 Å². The number of nitrogens with zero attached hydrogens (tertiary/aromatic N) is 3. The van der Waals surface area contributed by atoms with Crippen LogP contribution in [-0.2, 0) is 16.1 Å². The first-order chi connectivity index (χ1) is 8.18. The molecule has 1 amide bonds. The van der Waals surface area contributed by atoms with Gasteiger partial charge in [0.2, 0.25) is 5.91 Å². The van der Waals surface area contributed by atoms with E-state index < -0.39 is 0 Å². The Bertz CT molecular complexity index is 385. The van der Waals surface area contributed by atoms with Gasteiger partial charge in [0.15, 0.2) is 0 Å². The predicted octanol–water partition coefficient (Wildman–Crippen LogP) is -0.238. The summed E-state index contributed by atoms with van der Waals surface area (Å²) < 4.78 is 7.12. The van der Waals surface area contributed by atoms with Crippen molar-refractivity contribution in [3.05, 3.63) is 18.2 Å². The number of carbonyl (C=O) groups is 1. The molecular weight excluding hydrogens is 220 g/mol. The summed E-state index contributed by atoms with van der Waals surface area (Å²) >= 11 is 0. The van der Waals surface area contributed by atoms with Gasteiger partial charge in [-0.25, -0.2) is 4.98 Å². The fourth-order valence-electron chi connectivity index (χ4n) is 1.92. The third-order valence-corrected chi connectivity index (χ3v) is 3.05. The molecule has 2 heterocycles.